The summed E-state index contributed by atoms with van der Waals surface area (Å²) in [5, 5.41) is 8.19. The molecule has 0 amide bonds. The van der Waals surface area contributed by atoms with Gasteiger partial charge >= 0.3 is 0 Å². The van der Waals surface area contributed by atoms with Crippen LogP contribution in [-0.4, -0.2) is 12.1 Å². The second kappa shape index (κ2) is 3.69. The van der Waals surface area contributed by atoms with Crippen molar-refractivity contribution in [2.75, 3.05) is 6.54 Å². The fourth-order valence-corrected chi connectivity index (χ4v) is 0.416. The minimum atomic E-state index is -0.00507. The highest BCUT2D eigenvalue weighted by atomic mass is 15.1. The van der Waals surface area contributed by atoms with Crippen molar-refractivity contribution in [1.29, 1.82) is 0 Å². The fraction of sp³-hybridized carbons (Fsp3) is 1.00. The van der Waals surface area contributed by atoms with E-state index in [4.69, 9.17) is 0 Å². The Morgan fingerprint density at radius 3 is 2.00 bits per heavy atom. The maximum atomic E-state index is 4.12. The molecular weight excluding hydrogens is 124 g/mol. The average molecular weight is 142 g/mol. The van der Waals surface area contributed by atoms with Crippen LogP contribution in [-0.2, 0) is 0 Å². The molecule has 2 nitrogen and oxygen atoms in total. The molecule has 0 saturated heterocycles. The summed E-state index contributed by atoms with van der Waals surface area (Å²) in [4.78, 5) is 0. The molecule has 0 aliphatic heterocycles. The predicted octanol–water partition coefficient (Wildman–Crippen LogP) is 2.89. The van der Waals surface area contributed by atoms with Gasteiger partial charge in [0.15, 0.2) is 0 Å². The summed E-state index contributed by atoms with van der Waals surface area (Å²) in [5.41, 5.74) is -0.00507. The first-order valence-electron chi connectivity index (χ1n) is 3.80. The Morgan fingerprint density at radius 2 is 1.70 bits per heavy atom. The van der Waals surface area contributed by atoms with Crippen LogP contribution < -0.4 is 0 Å². The van der Waals surface area contributed by atoms with E-state index in [9.17, 15) is 0 Å². The zero-order valence-electron chi connectivity index (χ0n) is 7.68. The molecule has 0 aromatic heterocycles. The van der Waals surface area contributed by atoms with Crippen LogP contribution in [0.2, 0.25) is 0 Å². The molecule has 0 heterocycles. The third kappa shape index (κ3) is 7.60. The van der Waals surface area contributed by atoms with E-state index >= 15 is 0 Å². The minimum absolute atomic E-state index is 0.00507. The lowest BCUT2D eigenvalue weighted by Gasteiger charge is -2.09. The summed E-state index contributed by atoms with van der Waals surface area (Å²) in [5.74, 6) is 0.617. The number of hydrogen-bond acceptors (Lipinski definition) is 2. The van der Waals surface area contributed by atoms with Gasteiger partial charge in [0.2, 0.25) is 0 Å². The van der Waals surface area contributed by atoms with Gasteiger partial charge in [-0.25, -0.2) is 0 Å². The van der Waals surface area contributed by atoms with Crippen molar-refractivity contribution in [3.05, 3.63) is 0 Å². The number of rotatable bonds is 2. The van der Waals surface area contributed by atoms with Crippen LogP contribution in [0, 0.1) is 5.92 Å². The lowest BCUT2D eigenvalue weighted by atomic mass is 10.1. The van der Waals surface area contributed by atoms with E-state index < -0.39 is 0 Å². The second-order valence-corrected chi connectivity index (χ2v) is 3.99. The SMILES string of the molecule is CC(C)CN=NC(C)(C)C. The van der Waals surface area contributed by atoms with Crippen LogP contribution in [0.5, 0.6) is 0 Å². The molecule has 0 atom stereocenters. The molecule has 0 aliphatic carbocycles. The van der Waals surface area contributed by atoms with E-state index in [1.54, 1.807) is 0 Å². The van der Waals surface area contributed by atoms with E-state index in [0.717, 1.165) is 6.54 Å². The van der Waals surface area contributed by atoms with E-state index in [2.05, 4.69) is 44.8 Å². The first-order valence-corrected chi connectivity index (χ1v) is 3.80. The smallest absolute Gasteiger partial charge is 0.0732 e. The third-order valence-corrected chi connectivity index (χ3v) is 0.818. The molecule has 0 saturated carbocycles. The molecular formula is C8H18N2. The Labute approximate surface area is 63.7 Å². The molecule has 0 bridgehead atoms. The van der Waals surface area contributed by atoms with Gasteiger partial charge in [0.05, 0.1) is 12.1 Å². The number of nitrogens with zero attached hydrogens (tertiary/aromatic N) is 2. The lowest BCUT2D eigenvalue weighted by molar-refractivity contribution is 0.519. The van der Waals surface area contributed by atoms with E-state index in [-0.39, 0.29) is 5.54 Å². The zero-order chi connectivity index (χ0) is 8.20. The van der Waals surface area contributed by atoms with Crippen LogP contribution in [0.3, 0.4) is 0 Å². The minimum Gasteiger partial charge on any atom is -0.193 e. The second-order valence-electron chi connectivity index (χ2n) is 3.99. The van der Waals surface area contributed by atoms with Crippen LogP contribution >= 0.6 is 0 Å². The highest BCUT2D eigenvalue weighted by molar-refractivity contribution is 4.66. The number of azo groups is 1. The van der Waals surface area contributed by atoms with Gasteiger partial charge in [-0.15, -0.1) is 0 Å². The van der Waals surface area contributed by atoms with E-state index in [1.165, 1.54) is 0 Å². The molecule has 60 valence electrons. The van der Waals surface area contributed by atoms with Crippen molar-refractivity contribution < 1.29 is 0 Å². The monoisotopic (exact) mass is 142 g/mol. The zero-order valence-corrected chi connectivity index (χ0v) is 7.68. The highest BCUT2D eigenvalue weighted by Gasteiger charge is 2.05. The maximum absolute atomic E-state index is 4.12. The summed E-state index contributed by atoms with van der Waals surface area (Å²) in [6.45, 7) is 11.3. The summed E-state index contributed by atoms with van der Waals surface area (Å²) < 4.78 is 0. The van der Waals surface area contributed by atoms with Crippen molar-refractivity contribution >= 4 is 0 Å². The Balaban J connectivity index is 3.57. The van der Waals surface area contributed by atoms with Crippen molar-refractivity contribution in [2.24, 2.45) is 16.1 Å². The third-order valence-electron chi connectivity index (χ3n) is 0.818. The molecule has 0 N–H and O–H groups in total. The Morgan fingerprint density at radius 1 is 1.20 bits per heavy atom. The van der Waals surface area contributed by atoms with Crippen molar-refractivity contribution in [2.45, 2.75) is 40.2 Å². The molecule has 0 aliphatic rings. The quantitative estimate of drug-likeness (QED) is 0.530. The van der Waals surface area contributed by atoms with Crippen LogP contribution in [0.4, 0.5) is 0 Å². The van der Waals surface area contributed by atoms with Gasteiger partial charge in [-0.2, -0.15) is 10.2 Å². The molecule has 0 unspecified atom stereocenters. The van der Waals surface area contributed by atoms with Gasteiger partial charge in [0.1, 0.15) is 0 Å². The van der Waals surface area contributed by atoms with Gasteiger partial charge < -0.3 is 0 Å². The van der Waals surface area contributed by atoms with Crippen LogP contribution in [0.15, 0.2) is 10.2 Å². The molecule has 0 rings (SSSR count). The first-order chi connectivity index (χ1) is 4.42. The largest absolute Gasteiger partial charge is 0.193 e. The molecule has 10 heavy (non-hydrogen) atoms. The van der Waals surface area contributed by atoms with Gasteiger partial charge in [-0.05, 0) is 26.7 Å². The highest BCUT2D eigenvalue weighted by Crippen LogP contribution is 2.07. The summed E-state index contributed by atoms with van der Waals surface area (Å²) in [6.07, 6.45) is 0. The first kappa shape index (κ1) is 9.60. The summed E-state index contributed by atoms with van der Waals surface area (Å²) in [6, 6.07) is 0. The normalized spacial score (nSPS) is 13.4. The predicted molar refractivity (Wildman–Crippen MR) is 44.3 cm³/mol. The molecule has 0 radical (unpaired) electrons. The van der Waals surface area contributed by atoms with Gasteiger partial charge in [0.25, 0.3) is 0 Å². The Kier molecular flexibility index (Phi) is 3.54. The Bertz CT molecular complexity index is 109. The maximum Gasteiger partial charge on any atom is 0.0732 e. The van der Waals surface area contributed by atoms with Crippen LogP contribution in [0.25, 0.3) is 0 Å². The molecule has 0 aromatic carbocycles. The van der Waals surface area contributed by atoms with E-state index in [1.807, 2.05) is 0 Å². The van der Waals surface area contributed by atoms with Gasteiger partial charge in [-0.3, -0.25) is 0 Å². The van der Waals surface area contributed by atoms with Crippen molar-refractivity contribution in [3.8, 4) is 0 Å². The topological polar surface area (TPSA) is 24.7 Å². The van der Waals surface area contributed by atoms with Crippen molar-refractivity contribution in [3.63, 3.8) is 0 Å². The summed E-state index contributed by atoms with van der Waals surface area (Å²) >= 11 is 0. The molecule has 2 heteroatoms. The van der Waals surface area contributed by atoms with Gasteiger partial charge in [0, 0.05) is 0 Å². The molecule has 0 fully saturated rings. The molecule has 0 aromatic rings. The van der Waals surface area contributed by atoms with E-state index in [0.29, 0.717) is 5.92 Å². The lowest BCUT2D eigenvalue weighted by Crippen LogP contribution is -2.08. The fourth-order valence-electron chi connectivity index (χ4n) is 0.416. The Hall–Kier alpha value is -0.400. The summed E-state index contributed by atoms with van der Waals surface area (Å²) in [7, 11) is 0. The van der Waals surface area contributed by atoms with Crippen LogP contribution in [0.1, 0.15) is 34.6 Å². The number of hydrogen-bond donors (Lipinski definition) is 0. The average Bonchev–Trinajstić information content (AvgIpc) is 1.59. The van der Waals surface area contributed by atoms with Crippen molar-refractivity contribution in [1.82, 2.24) is 0 Å². The standard InChI is InChI=1S/C8H18N2/c1-7(2)6-9-10-8(3,4)5/h7H,6H2,1-5H3. The molecule has 0 spiro atoms. The van der Waals surface area contributed by atoms with Gasteiger partial charge in [-0.1, -0.05) is 13.8 Å².